The first-order valence-electron chi connectivity index (χ1n) is 9.19. The van der Waals surface area contributed by atoms with Gasteiger partial charge in [-0.25, -0.2) is 13.4 Å². The van der Waals surface area contributed by atoms with Crippen LogP contribution in [0.2, 0.25) is 0 Å². The summed E-state index contributed by atoms with van der Waals surface area (Å²) in [7, 11) is -3.40. The van der Waals surface area contributed by atoms with Crippen molar-refractivity contribution in [1.82, 2.24) is 15.1 Å². The fourth-order valence-electron chi connectivity index (χ4n) is 2.86. The number of nitrogens with one attached hydrogen (secondary N) is 1. The average molecular weight is 455 g/mol. The third-order valence-corrected chi connectivity index (χ3v) is 6.54. The summed E-state index contributed by atoms with van der Waals surface area (Å²) in [6, 6.07) is 10.0. The molecule has 0 aliphatic rings. The third-order valence-electron chi connectivity index (χ3n) is 4.68. The van der Waals surface area contributed by atoms with Crippen molar-refractivity contribution in [1.29, 1.82) is 0 Å². The predicted octanol–water partition coefficient (Wildman–Crippen LogP) is 4.13. The van der Waals surface area contributed by atoms with Crippen LogP contribution >= 0.6 is 11.3 Å². The Morgan fingerprint density at radius 2 is 1.90 bits per heavy atom. The Morgan fingerprint density at radius 1 is 1.10 bits per heavy atom. The lowest BCUT2D eigenvalue weighted by molar-refractivity contribution is 0.102. The highest BCUT2D eigenvalue weighted by Gasteiger charge is 2.20. The van der Waals surface area contributed by atoms with Crippen LogP contribution in [0.25, 0.3) is 22.7 Å². The van der Waals surface area contributed by atoms with E-state index in [4.69, 9.17) is 4.52 Å². The van der Waals surface area contributed by atoms with Crippen molar-refractivity contribution < 1.29 is 17.7 Å². The number of carbonyl (C=O) groups is 1. The number of nitrogens with zero attached hydrogens (tertiary/aromatic N) is 3. The number of hydrogen-bond acceptors (Lipinski definition) is 8. The molecule has 0 fully saturated rings. The van der Waals surface area contributed by atoms with Crippen molar-refractivity contribution in [3.8, 4) is 22.7 Å². The number of anilines is 1. The van der Waals surface area contributed by atoms with Gasteiger partial charge < -0.3 is 4.52 Å². The van der Waals surface area contributed by atoms with Gasteiger partial charge in [0, 0.05) is 22.9 Å². The molecule has 4 aromatic rings. The molecular formula is C21H18N4O4S2. The van der Waals surface area contributed by atoms with Gasteiger partial charge in [0.25, 0.3) is 5.91 Å². The molecule has 10 heteroatoms. The van der Waals surface area contributed by atoms with E-state index in [0.717, 1.165) is 23.2 Å². The summed E-state index contributed by atoms with van der Waals surface area (Å²) in [6.07, 6.45) is 2.40. The average Bonchev–Trinajstić information content (AvgIpc) is 3.39. The number of hydrogen-bond donors (Lipinski definition) is 1. The van der Waals surface area contributed by atoms with Crippen molar-refractivity contribution >= 4 is 32.2 Å². The van der Waals surface area contributed by atoms with E-state index < -0.39 is 15.7 Å². The molecule has 0 aliphatic carbocycles. The molecule has 0 unspecified atom stereocenters. The quantitative estimate of drug-likeness (QED) is 0.482. The van der Waals surface area contributed by atoms with E-state index in [-0.39, 0.29) is 16.2 Å². The van der Waals surface area contributed by atoms with Crippen molar-refractivity contribution in [2.24, 2.45) is 0 Å². The lowest BCUT2D eigenvalue weighted by Gasteiger charge is -2.04. The Hall–Kier alpha value is -3.37. The standard InChI is InChI=1S/C21H18N4O4S2/c1-12-7-8-17(23-13(12)2)18-11-30-21(24-18)25-20(26)16-10-22-29-19(16)14-5-4-6-15(9-14)31(3,27)28/h4-11H,1-3H3,(H,24,25,26). The van der Waals surface area contributed by atoms with Gasteiger partial charge in [0.1, 0.15) is 11.3 Å². The van der Waals surface area contributed by atoms with Gasteiger partial charge in [0.2, 0.25) is 0 Å². The molecule has 4 rings (SSSR count). The van der Waals surface area contributed by atoms with Crippen LogP contribution in [0.4, 0.5) is 5.13 Å². The van der Waals surface area contributed by atoms with Crippen molar-refractivity contribution in [3.63, 3.8) is 0 Å². The molecule has 0 aliphatic heterocycles. The summed E-state index contributed by atoms with van der Waals surface area (Å²) in [5, 5.41) is 8.67. The second-order valence-corrected chi connectivity index (χ2v) is 9.83. The number of carbonyl (C=O) groups excluding carboxylic acids is 1. The molecule has 1 amide bonds. The molecule has 3 heterocycles. The number of amides is 1. The highest BCUT2D eigenvalue weighted by atomic mass is 32.2. The van der Waals surface area contributed by atoms with E-state index in [2.05, 4.69) is 20.4 Å². The molecule has 0 radical (unpaired) electrons. The Kier molecular flexibility index (Phi) is 5.42. The molecule has 1 N–H and O–H groups in total. The van der Waals surface area contributed by atoms with E-state index in [1.54, 1.807) is 12.1 Å². The van der Waals surface area contributed by atoms with Crippen LogP contribution in [0.5, 0.6) is 0 Å². The largest absolute Gasteiger partial charge is 0.355 e. The van der Waals surface area contributed by atoms with Crippen LogP contribution in [0.1, 0.15) is 21.6 Å². The lowest BCUT2D eigenvalue weighted by atomic mass is 10.1. The fraction of sp³-hybridized carbons (Fsp3) is 0.143. The molecule has 3 aromatic heterocycles. The number of rotatable bonds is 5. The van der Waals surface area contributed by atoms with Gasteiger partial charge in [-0.1, -0.05) is 23.4 Å². The normalized spacial score (nSPS) is 11.5. The minimum absolute atomic E-state index is 0.123. The van der Waals surface area contributed by atoms with E-state index in [0.29, 0.717) is 16.4 Å². The molecule has 0 saturated carbocycles. The maximum absolute atomic E-state index is 12.8. The first-order chi connectivity index (χ1) is 14.7. The van der Waals surface area contributed by atoms with Crippen LogP contribution in [0, 0.1) is 13.8 Å². The van der Waals surface area contributed by atoms with E-state index >= 15 is 0 Å². The smallest absolute Gasteiger partial charge is 0.263 e. The van der Waals surface area contributed by atoms with Gasteiger partial charge >= 0.3 is 0 Å². The summed E-state index contributed by atoms with van der Waals surface area (Å²) in [5.74, 6) is -0.287. The van der Waals surface area contributed by atoms with E-state index in [1.165, 1.54) is 29.7 Å². The van der Waals surface area contributed by atoms with Crippen LogP contribution in [0.15, 0.2) is 57.4 Å². The first kappa shape index (κ1) is 20.9. The molecule has 8 nitrogen and oxygen atoms in total. The zero-order valence-electron chi connectivity index (χ0n) is 16.9. The van der Waals surface area contributed by atoms with Gasteiger partial charge in [0.05, 0.1) is 16.8 Å². The summed E-state index contributed by atoms with van der Waals surface area (Å²) >= 11 is 1.27. The zero-order chi connectivity index (χ0) is 22.2. The second-order valence-electron chi connectivity index (χ2n) is 6.96. The lowest BCUT2D eigenvalue weighted by Crippen LogP contribution is -2.12. The van der Waals surface area contributed by atoms with E-state index in [9.17, 15) is 13.2 Å². The van der Waals surface area contributed by atoms with Crippen LogP contribution in [-0.4, -0.2) is 35.7 Å². The minimum atomic E-state index is -3.40. The molecule has 0 spiro atoms. The summed E-state index contributed by atoms with van der Waals surface area (Å²) in [5.41, 5.74) is 4.00. The second kappa shape index (κ2) is 8.05. The third kappa shape index (κ3) is 4.39. The number of aryl methyl sites for hydroxylation is 2. The maximum Gasteiger partial charge on any atom is 0.263 e. The SMILES string of the molecule is Cc1ccc(-c2csc(NC(=O)c3cnoc3-c3cccc(S(C)(=O)=O)c3)n2)nc1C. The van der Waals surface area contributed by atoms with Crippen molar-refractivity contribution in [2.75, 3.05) is 11.6 Å². The first-order valence-corrected chi connectivity index (χ1v) is 12.0. The van der Waals surface area contributed by atoms with Gasteiger partial charge in [-0.15, -0.1) is 11.3 Å². The van der Waals surface area contributed by atoms with Crippen molar-refractivity contribution in [2.45, 2.75) is 18.7 Å². The molecular weight excluding hydrogens is 436 g/mol. The van der Waals surface area contributed by atoms with Crippen molar-refractivity contribution in [3.05, 3.63) is 64.8 Å². The Labute approximate surface area is 182 Å². The maximum atomic E-state index is 12.8. The Bertz CT molecular complexity index is 1390. The Morgan fingerprint density at radius 3 is 2.65 bits per heavy atom. The molecule has 1 aromatic carbocycles. The number of benzene rings is 1. The van der Waals surface area contributed by atoms with Crippen LogP contribution < -0.4 is 5.32 Å². The molecule has 0 saturated heterocycles. The predicted molar refractivity (Wildman–Crippen MR) is 118 cm³/mol. The molecule has 158 valence electrons. The number of sulfone groups is 1. The highest BCUT2D eigenvalue weighted by Crippen LogP contribution is 2.28. The van der Waals surface area contributed by atoms with E-state index in [1.807, 2.05) is 31.4 Å². The number of aromatic nitrogens is 3. The fourth-order valence-corrected chi connectivity index (χ4v) is 4.23. The molecule has 31 heavy (non-hydrogen) atoms. The molecule has 0 atom stereocenters. The number of thiazole rings is 1. The molecule has 0 bridgehead atoms. The topological polar surface area (TPSA) is 115 Å². The Balaban J connectivity index is 1.58. The summed E-state index contributed by atoms with van der Waals surface area (Å²) in [4.78, 5) is 21.9. The van der Waals surface area contributed by atoms with Gasteiger partial charge in [-0.2, -0.15) is 0 Å². The van der Waals surface area contributed by atoms with Gasteiger partial charge in [-0.05, 0) is 37.6 Å². The summed E-state index contributed by atoms with van der Waals surface area (Å²) in [6.45, 7) is 3.92. The minimum Gasteiger partial charge on any atom is -0.355 e. The van der Waals surface area contributed by atoms with Gasteiger partial charge in [-0.3, -0.25) is 15.1 Å². The monoisotopic (exact) mass is 454 g/mol. The summed E-state index contributed by atoms with van der Waals surface area (Å²) < 4.78 is 28.9. The highest BCUT2D eigenvalue weighted by molar-refractivity contribution is 7.90. The van der Waals surface area contributed by atoms with Gasteiger partial charge in [0.15, 0.2) is 20.7 Å². The van der Waals surface area contributed by atoms with Crippen LogP contribution in [0.3, 0.4) is 0 Å². The zero-order valence-corrected chi connectivity index (χ0v) is 18.5. The number of pyridine rings is 1. The van der Waals surface area contributed by atoms with Crippen LogP contribution in [-0.2, 0) is 9.84 Å².